The Morgan fingerprint density at radius 2 is 1.59 bits per heavy atom. The SMILES string of the molecule is COC(=O)c1ccc(Oc2ccc(C)cc2NC(=O)c2cccc([N+](=O)[O-])c2)cc1C(=O)OC. The van der Waals surface area contributed by atoms with Crippen molar-refractivity contribution in [1.82, 2.24) is 0 Å². The summed E-state index contributed by atoms with van der Waals surface area (Å²) in [4.78, 5) is 47.3. The Bertz CT molecular complexity index is 1290. The van der Waals surface area contributed by atoms with Crippen LogP contribution in [0.3, 0.4) is 0 Å². The molecule has 0 aliphatic rings. The van der Waals surface area contributed by atoms with Crippen molar-refractivity contribution in [3.63, 3.8) is 0 Å². The molecule has 10 heteroatoms. The van der Waals surface area contributed by atoms with Gasteiger partial charge in [0.25, 0.3) is 11.6 Å². The molecule has 10 nitrogen and oxygen atoms in total. The first-order valence-corrected chi connectivity index (χ1v) is 9.88. The predicted molar refractivity (Wildman–Crippen MR) is 121 cm³/mol. The Balaban J connectivity index is 1.93. The van der Waals surface area contributed by atoms with Gasteiger partial charge in [-0.05, 0) is 48.9 Å². The highest BCUT2D eigenvalue weighted by Gasteiger charge is 2.20. The summed E-state index contributed by atoms with van der Waals surface area (Å²) in [5.74, 6) is -1.61. The number of anilines is 1. The molecule has 3 aromatic carbocycles. The highest BCUT2D eigenvalue weighted by atomic mass is 16.6. The summed E-state index contributed by atoms with van der Waals surface area (Å²) >= 11 is 0. The zero-order valence-corrected chi connectivity index (χ0v) is 18.5. The predicted octanol–water partition coefficient (Wildman–Crippen LogP) is 4.52. The fourth-order valence-electron chi connectivity index (χ4n) is 3.07. The number of nitrogens with one attached hydrogen (secondary N) is 1. The fraction of sp³-hybridized carbons (Fsp3) is 0.125. The molecule has 0 radical (unpaired) electrons. The Kier molecular flexibility index (Phi) is 7.22. The van der Waals surface area contributed by atoms with Gasteiger partial charge in [-0.1, -0.05) is 12.1 Å². The van der Waals surface area contributed by atoms with E-state index in [2.05, 4.69) is 5.32 Å². The molecule has 34 heavy (non-hydrogen) atoms. The van der Waals surface area contributed by atoms with E-state index in [1.807, 2.05) is 6.92 Å². The van der Waals surface area contributed by atoms with Crippen molar-refractivity contribution in [2.75, 3.05) is 19.5 Å². The van der Waals surface area contributed by atoms with Gasteiger partial charge in [0.2, 0.25) is 0 Å². The molecule has 3 rings (SSSR count). The van der Waals surface area contributed by atoms with Crippen LogP contribution in [0.4, 0.5) is 11.4 Å². The zero-order chi connectivity index (χ0) is 24.8. The number of carbonyl (C=O) groups is 3. The van der Waals surface area contributed by atoms with Crippen LogP contribution in [-0.4, -0.2) is 37.0 Å². The Morgan fingerprint density at radius 3 is 2.26 bits per heavy atom. The summed E-state index contributed by atoms with van der Waals surface area (Å²) in [5.41, 5.74) is 0.948. The third-order valence-corrected chi connectivity index (χ3v) is 4.73. The van der Waals surface area contributed by atoms with E-state index < -0.39 is 22.8 Å². The van der Waals surface area contributed by atoms with E-state index in [4.69, 9.17) is 14.2 Å². The zero-order valence-electron chi connectivity index (χ0n) is 18.5. The number of aryl methyl sites for hydroxylation is 1. The third kappa shape index (κ3) is 5.36. The van der Waals surface area contributed by atoms with Crippen LogP contribution in [0.25, 0.3) is 0 Å². The minimum absolute atomic E-state index is 0.00445. The summed E-state index contributed by atoms with van der Waals surface area (Å²) in [5, 5.41) is 13.7. The highest BCUT2D eigenvalue weighted by molar-refractivity contribution is 6.05. The van der Waals surface area contributed by atoms with Crippen molar-refractivity contribution < 1.29 is 33.5 Å². The molecule has 0 aromatic heterocycles. The Morgan fingerprint density at radius 1 is 0.882 bits per heavy atom. The van der Waals surface area contributed by atoms with Gasteiger partial charge in [0.15, 0.2) is 5.75 Å². The Labute approximate surface area is 194 Å². The molecule has 0 fully saturated rings. The topological polar surface area (TPSA) is 134 Å². The number of hydrogen-bond acceptors (Lipinski definition) is 8. The lowest BCUT2D eigenvalue weighted by molar-refractivity contribution is -0.384. The Hall–Kier alpha value is -4.73. The first-order valence-electron chi connectivity index (χ1n) is 9.88. The minimum Gasteiger partial charge on any atom is -0.465 e. The highest BCUT2D eigenvalue weighted by Crippen LogP contribution is 2.32. The smallest absolute Gasteiger partial charge is 0.338 e. The van der Waals surface area contributed by atoms with Crippen molar-refractivity contribution in [3.8, 4) is 11.5 Å². The lowest BCUT2D eigenvalue weighted by atomic mass is 10.1. The standard InChI is InChI=1S/C24H20N2O8/c1-14-7-10-21(20(11-14)25-22(27)15-5-4-6-16(12-15)26(30)31)34-17-8-9-18(23(28)32-2)19(13-17)24(29)33-3/h4-13H,1-3H3,(H,25,27). The second-order valence-electron chi connectivity index (χ2n) is 7.05. The number of amides is 1. The molecule has 1 amide bonds. The van der Waals surface area contributed by atoms with Crippen molar-refractivity contribution >= 4 is 29.2 Å². The molecule has 1 N–H and O–H groups in total. The number of nitro groups is 1. The summed E-state index contributed by atoms with van der Waals surface area (Å²) in [6.45, 7) is 1.81. The van der Waals surface area contributed by atoms with Gasteiger partial charge in [0.05, 0.1) is 36.0 Å². The summed E-state index contributed by atoms with van der Waals surface area (Å²) in [6.07, 6.45) is 0. The molecule has 0 heterocycles. The monoisotopic (exact) mass is 464 g/mol. The molecule has 0 saturated heterocycles. The van der Waals surface area contributed by atoms with E-state index in [0.717, 1.165) is 5.56 Å². The molecule has 0 spiro atoms. The minimum atomic E-state index is -0.756. The van der Waals surface area contributed by atoms with Gasteiger partial charge in [-0.3, -0.25) is 14.9 Å². The van der Waals surface area contributed by atoms with Crippen molar-refractivity contribution in [2.45, 2.75) is 6.92 Å². The van der Waals surface area contributed by atoms with E-state index >= 15 is 0 Å². The number of nitrogens with zero attached hydrogens (tertiary/aromatic N) is 1. The van der Waals surface area contributed by atoms with Gasteiger partial charge >= 0.3 is 11.9 Å². The van der Waals surface area contributed by atoms with E-state index in [-0.39, 0.29) is 33.9 Å². The van der Waals surface area contributed by atoms with E-state index in [1.165, 1.54) is 56.7 Å². The molecule has 0 bridgehead atoms. The molecular formula is C24H20N2O8. The lowest BCUT2D eigenvalue weighted by Crippen LogP contribution is -2.13. The van der Waals surface area contributed by atoms with Crippen molar-refractivity contribution in [2.24, 2.45) is 0 Å². The average Bonchev–Trinajstić information content (AvgIpc) is 2.84. The number of ether oxygens (including phenoxy) is 3. The summed E-state index contributed by atoms with van der Waals surface area (Å²) in [7, 11) is 2.37. The number of esters is 2. The number of non-ortho nitro benzene ring substituents is 1. The van der Waals surface area contributed by atoms with E-state index in [1.54, 1.807) is 18.2 Å². The number of benzene rings is 3. The molecule has 174 valence electrons. The van der Waals surface area contributed by atoms with E-state index in [9.17, 15) is 24.5 Å². The molecular weight excluding hydrogens is 444 g/mol. The van der Waals surface area contributed by atoms with Gasteiger partial charge < -0.3 is 19.5 Å². The van der Waals surface area contributed by atoms with Gasteiger partial charge in [0, 0.05) is 17.7 Å². The summed E-state index contributed by atoms with van der Waals surface area (Å²) in [6, 6.07) is 14.5. The molecule has 0 saturated carbocycles. The molecule has 0 atom stereocenters. The lowest BCUT2D eigenvalue weighted by Gasteiger charge is -2.14. The number of methoxy groups -OCH3 is 2. The third-order valence-electron chi connectivity index (χ3n) is 4.73. The average molecular weight is 464 g/mol. The van der Waals surface area contributed by atoms with Crippen LogP contribution in [0.1, 0.15) is 36.6 Å². The molecule has 0 aliphatic carbocycles. The van der Waals surface area contributed by atoms with Gasteiger partial charge in [0.1, 0.15) is 5.75 Å². The van der Waals surface area contributed by atoms with Gasteiger partial charge in [-0.15, -0.1) is 0 Å². The van der Waals surface area contributed by atoms with Crippen LogP contribution >= 0.6 is 0 Å². The second-order valence-corrected chi connectivity index (χ2v) is 7.05. The number of nitro benzene ring substituents is 1. The normalized spacial score (nSPS) is 10.2. The van der Waals surface area contributed by atoms with Gasteiger partial charge in [-0.2, -0.15) is 0 Å². The van der Waals surface area contributed by atoms with Crippen LogP contribution in [0.5, 0.6) is 11.5 Å². The number of hydrogen-bond donors (Lipinski definition) is 1. The van der Waals surface area contributed by atoms with Gasteiger partial charge in [-0.25, -0.2) is 9.59 Å². The second kappa shape index (κ2) is 10.3. The van der Waals surface area contributed by atoms with Crippen LogP contribution in [0, 0.1) is 17.0 Å². The molecule has 0 unspecified atom stereocenters. The largest absolute Gasteiger partial charge is 0.465 e. The number of carbonyl (C=O) groups excluding carboxylic acids is 3. The van der Waals surface area contributed by atoms with Crippen LogP contribution < -0.4 is 10.1 Å². The maximum atomic E-state index is 12.7. The van der Waals surface area contributed by atoms with Crippen molar-refractivity contribution in [1.29, 1.82) is 0 Å². The van der Waals surface area contributed by atoms with Crippen LogP contribution in [0.15, 0.2) is 60.7 Å². The van der Waals surface area contributed by atoms with E-state index in [0.29, 0.717) is 5.69 Å². The number of rotatable bonds is 7. The molecule has 0 aliphatic heterocycles. The maximum absolute atomic E-state index is 12.7. The van der Waals surface area contributed by atoms with Crippen molar-refractivity contribution in [3.05, 3.63) is 93.0 Å². The quantitative estimate of drug-likeness (QED) is 0.306. The molecule has 3 aromatic rings. The maximum Gasteiger partial charge on any atom is 0.338 e. The first kappa shape index (κ1) is 23.9. The van der Waals surface area contributed by atoms with Crippen LogP contribution in [-0.2, 0) is 9.47 Å². The first-order chi connectivity index (χ1) is 16.2. The fourth-order valence-corrected chi connectivity index (χ4v) is 3.07. The summed E-state index contributed by atoms with van der Waals surface area (Å²) < 4.78 is 15.3. The van der Waals surface area contributed by atoms with Crippen LogP contribution in [0.2, 0.25) is 0 Å².